The van der Waals surface area contributed by atoms with Crippen molar-refractivity contribution in [1.29, 1.82) is 0 Å². The van der Waals surface area contributed by atoms with Crippen LogP contribution in [0.1, 0.15) is 23.0 Å². The van der Waals surface area contributed by atoms with E-state index in [0.717, 1.165) is 0 Å². The quantitative estimate of drug-likeness (QED) is 0.621. The predicted molar refractivity (Wildman–Crippen MR) is 125 cm³/mol. The van der Waals surface area contributed by atoms with Gasteiger partial charge in [-0.25, -0.2) is 0 Å². The molecule has 0 atom stereocenters. The van der Waals surface area contributed by atoms with Gasteiger partial charge in [0.15, 0.2) is 5.75 Å². The van der Waals surface area contributed by atoms with E-state index in [1.807, 2.05) is 32.0 Å². The van der Waals surface area contributed by atoms with Crippen LogP contribution >= 0.6 is 11.6 Å². The van der Waals surface area contributed by atoms with E-state index >= 15 is 0 Å². The largest absolute Gasteiger partial charge is 0.489 e. The average molecular weight is 460 g/mol. The first-order valence-electron chi connectivity index (χ1n) is 10.7. The van der Waals surface area contributed by atoms with Crippen LogP contribution in [0.3, 0.4) is 0 Å². The average Bonchev–Trinajstić information content (AvgIpc) is 2.94. The minimum absolute atomic E-state index is 0.0589. The van der Waals surface area contributed by atoms with Crippen LogP contribution in [0.15, 0.2) is 36.5 Å². The lowest BCUT2D eigenvalue weighted by Gasteiger charge is -2.25. The Hall–Kier alpha value is -2.84. The van der Waals surface area contributed by atoms with E-state index < -0.39 is 0 Å². The third kappa shape index (κ3) is 5.89. The molecule has 0 radical (unpaired) electrons. The summed E-state index contributed by atoms with van der Waals surface area (Å²) in [5.74, 6) is 0.336. The number of pyridine rings is 1. The Kier molecular flexibility index (Phi) is 8.30. The summed E-state index contributed by atoms with van der Waals surface area (Å²) in [5, 5.41) is 3.70. The molecule has 0 saturated heterocycles. The molecule has 1 aliphatic heterocycles. The van der Waals surface area contributed by atoms with Crippen molar-refractivity contribution in [2.75, 3.05) is 58.7 Å². The number of fused-ring (bicyclic) bond motifs is 1. The second-order valence-electron chi connectivity index (χ2n) is 7.82. The lowest BCUT2D eigenvalue weighted by Crippen LogP contribution is -2.39. The van der Waals surface area contributed by atoms with Crippen molar-refractivity contribution in [3.63, 3.8) is 0 Å². The van der Waals surface area contributed by atoms with Crippen LogP contribution in [0, 0.1) is 0 Å². The highest BCUT2D eigenvalue weighted by atomic mass is 35.5. The minimum atomic E-state index is -0.0960. The maximum Gasteiger partial charge on any atom is 0.257 e. The maximum absolute atomic E-state index is 13.1. The summed E-state index contributed by atoms with van der Waals surface area (Å²) in [5.41, 5.74) is 1.79. The molecule has 8 nitrogen and oxygen atoms in total. The summed E-state index contributed by atoms with van der Waals surface area (Å²) in [7, 11) is 3.92. The Morgan fingerprint density at radius 3 is 2.78 bits per heavy atom. The number of para-hydroxylation sites is 1. The van der Waals surface area contributed by atoms with Gasteiger partial charge < -0.3 is 24.8 Å². The van der Waals surface area contributed by atoms with E-state index in [-0.39, 0.29) is 18.4 Å². The third-order valence-corrected chi connectivity index (χ3v) is 5.64. The fourth-order valence-corrected chi connectivity index (χ4v) is 3.62. The molecule has 1 N–H and O–H groups in total. The van der Waals surface area contributed by atoms with Crippen LogP contribution in [-0.4, -0.2) is 84.9 Å². The summed E-state index contributed by atoms with van der Waals surface area (Å²) in [6, 6.07) is 8.90. The van der Waals surface area contributed by atoms with Gasteiger partial charge in [0, 0.05) is 25.8 Å². The molecule has 0 fully saturated rings. The van der Waals surface area contributed by atoms with Crippen LogP contribution in [-0.2, 0) is 11.3 Å². The van der Waals surface area contributed by atoms with E-state index in [1.54, 1.807) is 40.3 Å². The third-order valence-electron chi connectivity index (χ3n) is 5.30. The van der Waals surface area contributed by atoms with Crippen molar-refractivity contribution in [3.8, 4) is 5.75 Å². The van der Waals surface area contributed by atoms with E-state index in [2.05, 4.69) is 10.3 Å². The number of hydrogen-bond donors (Lipinski definition) is 1. The Morgan fingerprint density at radius 2 is 2.06 bits per heavy atom. The lowest BCUT2D eigenvalue weighted by atomic mass is 10.1. The number of rotatable bonds is 9. The van der Waals surface area contributed by atoms with Crippen molar-refractivity contribution >= 4 is 29.1 Å². The highest BCUT2D eigenvalue weighted by Crippen LogP contribution is 2.31. The van der Waals surface area contributed by atoms with Crippen molar-refractivity contribution in [1.82, 2.24) is 19.7 Å². The van der Waals surface area contributed by atoms with E-state index in [4.69, 9.17) is 16.3 Å². The number of anilines is 1. The number of halogens is 1. The van der Waals surface area contributed by atoms with E-state index in [0.29, 0.717) is 67.0 Å². The zero-order valence-electron chi connectivity index (χ0n) is 18.8. The second-order valence-corrected chi connectivity index (χ2v) is 8.23. The number of carbonyl (C=O) groups excluding carboxylic acids is 2. The highest BCUT2D eigenvalue weighted by molar-refractivity contribution is 6.31. The highest BCUT2D eigenvalue weighted by Gasteiger charge is 2.25. The Bertz CT molecular complexity index is 953. The number of likely N-dealkylation sites (N-methyl/N-ethyl adjacent to an activating group) is 2. The molecule has 9 heteroatoms. The summed E-state index contributed by atoms with van der Waals surface area (Å²) >= 11 is 6.26. The summed E-state index contributed by atoms with van der Waals surface area (Å²) < 4.78 is 5.88. The lowest BCUT2D eigenvalue weighted by molar-refractivity contribution is -0.130. The van der Waals surface area contributed by atoms with Crippen molar-refractivity contribution in [3.05, 3.63) is 52.8 Å². The number of carbonyl (C=O) groups is 2. The zero-order chi connectivity index (χ0) is 23.1. The normalized spacial score (nSPS) is 13.4. The summed E-state index contributed by atoms with van der Waals surface area (Å²) in [6.45, 7) is 5.13. The molecule has 1 aromatic heterocycles. The topological polar surface area (TPSA) is 78.0 Å². The molecule has 1 aliphatic rings. The molecule has 172 valence electrons. The number of benzene rings is 1. The zero-order valence-corrected chi connectivity index (χ0v) is 19.6. The van der Waals surface area contributed by atoms with Gasteiger partial charge >= 0.3 is 0 Å². The smallest absolute Gasteiger partial charge is 0.257 e. The van der Waals surface area contributed by atoms with Gasteiger partial charge in [-0.1, -0.05) is 17.7 Å². The van der Waals surface area contributed by atoms with Crippen LogP contribution in [0.4, 0.5) is 5.69 Å². The minimum Gasteiger partial charge on any atom is -0.489 e. The number of amides is 2. The fraction of sp³-hybridized carbons (Fsp3) is 0.435. The predicted octanol–water partition coefficient (Wildman–Crippen LogP) is 2.59. The van der Waals surface area contributed by atoms with Gasteiger partial charge in [0.2, 0.25) is 5.91 Å². The number of nitrogens with one attached hydrogen (secondary N) is 1. The molecule has 2 aromatic rings. The van der Waals surface area contributed by atoms with Gasteiger partial charge in [-0.2, -0.15) is 0 Å². The van der Waals surface area contributed by atoms with Gasteiger partial charge in [0.1, 0.15) is 6.61 Å². The van der Waals surface area contributed by atoms with Crippen LogP contribution in [0.2, 0.25) is 5.02 Å². The Morgan fingerprint density at radius 1 is 1.25 bits per heavy atom. The molecule has 0 spiro atoms. The first kappa shape index (κ1) is 23.8. The molecule has 0 unspecified atom stereocenters. The van der Waals surface area contributed by atoms with Crippen molar-refractivity contribution in [2.45, 2.75) is 13.5 Å². The van der Waals surface area contributed by atoms with Gasteiger partial charge in [-0.3, -0.25) is 14.6 Å². The van der Waals surface area contributed by atoms with Crippen LogP contribution in [0.5, 0.6) is 5.75 Å². The molecule has 3 rings (SSSR count). The Labute approximate surface area is 194 Å². The molecule has 2 amide bonds. The summed E-state index contributed by atoms with van der Waals surface area (Å²) in [4.78, 5) is 35.7. The SMILES string of the molecule is CCN1CCOc2c(NCC(=O)N(CCN(C)C)Cc3ncccc3Cl)cccc2C1=O. The van der Waals surface area contributed by atoms with Gasteiger partial charge in [0.25, 0.3) is 5.91 Å². The molecular formula is C23H30ClN5O3. The standard InChI is InChI=1S/C23H30ClN5O3/c1-4-28-13-14-32-22-17(23(28)31)7-5-9-19(22)26-15-21(30)29(12-11-27(2)3)16-20-18(24)8-6-10-25-20/h5-10,26H,4,11-16H2,1-3H3. The van der Waals surface area contributed by atoms with Gasteiger partial charge in [0.05, 0.1) is 41.6 Å². The molecule has 0 saturated carbocycles. The second kappa shape index (κ2) is 11.2. The molecule has 2 heterocycles. The first-order chi connectivity index (χ1) is 15.4. The fourth-order valence-electron chi connectivity index (χ4n) is 3.44. The van der Waals surface area contributed by atoms with Crippen LogP contribution in [0.25, 0.3) is 0 Å². The molecule has 0 aliphatic carbocycles. The number of nitrogens with zero attached hydrogens (tertiary/aromatic N) is 4. The maximum atomic E-state index is 13.1. The van der Waals surface area contributed by atoms with Gasteiger partial charge in [-0.05, 0) is 45.3 Å². The number of aromatic nitrogens is 1. The molecule has 0 bridgehead atoms. The van der Waals surface area contributed by atoms with Gasteiger partial charge in [-0.15, -0.1) is 0 Å². The number of ether oxygens (including phenoxy) is 1. The molecule has 1 aromatic carbocycles. The monoisotopic (exact) mass is 459 g/mol. The first-order valence-corrected chi connectivity index (χ1v) is 11.1. The molecular weight excluding hydrogens is 430 g/mol. The van der Waals surface area contributed by atoms with Crippen molar-refractivity contribution in [2.24, 2.45) is 0 Å². The summed E-state index contributed by atoms with van der Waals surface area (Å²) in [6.07, 6.45) is 1.67. The van der Waals surface area contributed by atoms with E-state index in [1.165, 1.54) is 0 Å². The Balaban J connectivity index is 1.74. The van der Waals surface area contributed by atoms with Crippen molar-refractivity contribution < 1.29 is 14.3 Å². The molecule has 32 heavy (non-hydrogen) atoms. The number of hydrogen-bond acceptors (Lipinski definition) is 6. The van der Waals surface area contributed by atoms with E-state index in [9.17, 15) is 9.59 Å². The van der Waals surface area contributed by atoms with Crippen LogP contribution < -0.4 is 10.1 Å².